The van der Waals surface area contributed by atoms with Gasteiger partial charge in [-0.15, -0.1) is 0 Å². The zero-order chi connectivity index (χ0) is 13.1. The molecule has 0 unspecified atom stereocenters. The highest BCUT2D eigenvalue weighted by molar-refractivity contribution is 5.66. The van der Waals surface area contributed by atoms with Gasteiger partial charge in [-0.3, -0.25) is 0 Å². The Morgan fingerprint density at radius 3 is 2.94 bits per heavy atom. The molecule has 2 atom stereocenters. The van der Waals surface area contributed by atoms with Crippen LogP contribution in [0.1, 0.15) is 12.0 Å². The van der Waals surface area contributed by atoms with Crippen LogP contribution < -0.4 is 4.74 Å². The lowest BCUT2D eigenvalue weighted by Gasteiger charge is -2.23. The zero-order valence-corrected chi connectivity index (χ0v) is 10.2. The Balaban J connectivity index is 2.18. The van der Waals surface area contributed by atoms with Crippen LogP contribution in [-0.2, 0) is 6.42 Å². The average molecular weight is 253 g/mol. The largest absolute Gasteiger partial charge is 0.496 e. The number of ether oxygens (including phenoxy) is 1. The van der Waals surface area contributed by atoms with Crippen LogP contribution >= 0.6 is 0 Å². The third kappa shape index (κ3) is 2.39. The minimum absolute atomic E-state index is 0.260. The number of alkyl halides is 1. The van der Waals surface area contributed by atoms with Crippen LogP contribution in [0.3, 0.4) is 0 Å². The summed E-state index contributed by atoms with van der Waals surface area (Å²) in [6, 6.07) is 6.69. The highest BCUT2D eigenvalue weighted by Gasteiger charge is 2.37. The van der Waals surface area contributed by atoms with Gasteiger partial charge in [-0.05, 0) is 24.5 Å². The number of hydrogen-bond acceptors (Lipinski definition) is 2. The Morgan fingerprint density at radius 1 is 1.56 bits per heavy atom. The van der Waals surface area contributed by atoms with Crippen LogP contribution in [0.15, 0.2) is 24.3 Å². The third-order valence-corrected chi connectivity index (χ3v) is 3.33. The van der Waals surface area contributed by atoms with E-state index in [9.17, 15) is 9.18 Å². The van der Waals surface area contributed by atoms with Crippen molar-refractivity contribution >= 4 is 6.09 Å². The van der Waals surface area contributed by atoms with E-state index in [4.69, 9.17) is 9.84 Å². The van der Waals surface area contributed by atoms with Gasteiger partial charge in [-0.25, -0.2) is 9.18 Å². The first-order valence-corrected chi connectivity index (χ1v) is 5.89. The number of likely N-dealkylation sites (tertiary alicyclic amines) is 1. The van der Waals surface area contributed by atoms with Gasteiger partial charge in [0, 0.05) is 6.54 Å². The monoisotopic (exact) mass is 253 g/mol. The van der Waals surface area contributed by atoms with Crippen molar-refractivity contribution in [3.8, 4) is 5.75 Å². The van der Waals surface area contributed by atoms with E-state index in [1.54, 1.807) is 13.2 Å². The molecule has 18 heavy (non-hydrogen) atoms. The predicted molar refractivity (Wildman–Crippen MR) is 64.7 cm³/mol. The van der Waals surface area contributed by atoms with Gasteiger partial charge in [0.2, 0.25) is 0 Å². The van der Waals surface area contributed by atoms with Crippen molar-refractivity contribution in [2.24, 2.45) is 0 Å². The van der Waals surface area contributed by atoms with Gasteiger partial charge >= 0.3 is 6.09 Å². The highest BCUT2D eigenvalue weighted by Crippen LogP contribution is 2.27. The Hall–Kier alpha value is -1.78. The number of para-hydroxylation sites is 1. The second-order valence-corrected chi connectivity index (χ2v) is 4.36. The first kappa shape index (κ1) is 12.7. The first-order valence-electron chi connectivity index (χ1n) is 5.89. The summed E-state index contributed by atoms with van der Waals surface area (Å²) in [4.78, 5) is 12.2. The van der Waals surface area contributed by atoms with Gasteiger partial charge in [0.1, 0.15) is 11.9 Å². The molecule has 4 nitrogen and oxygen atoms in total. The average Bonchev–Trinajstić information content (AvgIpc) is 2.72. The molecule has 5 heteroatoms. The summed E-state index contributed by atoms with van der Waals surface area (Å²) >= 11 is 0. The summed E-state index contributed by atoms with van der Waals surface area (Å²) in [6.07, 6.45) is -1.55. The summed E-state index contributed by atoms with van der Waals surface area (Å²) in [5.41, 5.74) is 0.834. The molecule has 0 aromatic heterocycles. The van der Waals surface area contributed by atoms with E-state index in [0.717, 1.165) is 5.56 Å². The molecule has 1 amide bonds. The molecule has 1 heterocycles. The number of methoxy groups -OCH3 is 1. The predicted octanol–water partition coefficient (Wildman–Crippen LogP) is 2.33. The molecule has 1 saturated heterocycles. The van der Waals surface area contributed by atoms with Crippen LogP contribution in [0.5, 0.6) is 5.75 Å². The smallest absolute Gasteiger partial charge is 0.407 e. The lowest BCUT2D eigenvalue weighted by atomic mass is 10.0. The number of benzene rings is 1. The summed E-state index contributed by atoms with van der Waals surface area (Å²) in [7, 11) is 1.55. The number of amides is 1. The Bertz CT molecular complexity index is 438. The number of rotatable bonds is 3. The fourth-order valence-corrected chi connectivity index (χ4v) is 2.39. The standard InChI is InChI=1S/C13H16FNO3/c1-18-12-5-3-2-4-9(12)8-11-10(14)6-7-15(11)13(16)17/h2-5,10-11H,6-8H2,1H3,(H,16,17)/t10-,11-/m0/s1. The molecule has 1 aromatic carbocycles. The van der Waals surface area contributed by atoms with Gasteiger partial charge in [-0.2, -0.15) is 0 Å². The topological polar surface area (TPSA) is 49.8 Å². The maximum atomic E-state index is 13.8. The molecular formula is C13H16FNO3. The summed E-state index contributed by atoms with van der Waals surface area (Å²) in [5, 5.41) is 9.03. The van der Waals surface area contributed by atoms with Crippen LogP contribution in [0.25, 0.3) is 0 Å². The van der Waals surface area contributed by atoms with Crippen LogP contribution in [-0.4, -0.2) is 42.0 Å². The number of carboxylic acid groups (broad SMARTS) is 1. The van der Waals surface area contributed by atoms with E-state index in [0.29, 0.717) is 12.2 Å². The molecule has 0 saturated carbocycles. The fraction of sp³-hybridized carbons (Fsp3) is 0.462. The minimum Gasteiger partial charge on any atom is -0.496 e. The van der Waals surface area contributed by atoms with Crippen molar-refractivity contribution in [3.05, 3.63) is 29.8 Å². The molecule has 2 rings (SSSR count). The quantitative estimate of drug-likeness (QED) is 0.899. The zero-order valence-electron chi connectivity index (χ0n) is 10.2. The molecule has 1 aromatic rings. The molecule has 1 aliphatic rings. The van der Waals surface area contributed by atoms with E-state index < -0.39 is 18.3 Å². The van der Waals surface area contributed by atoms with Crippen molar-refractivity contribution in [2.45, 2.75) is 25.1 Å². The molecule has 0 bridgehead atoms. The molecule has 0 aliphatic carbocycles. The fourth-order valence-electron chi connectivity index (χ4n) is 2.39. The molecule has 0 radical (unpaired) electrons. The van der Waals surface area contributed by atoms with Crippen LogP contribution in [0, 0.1) is 0 Å². The molecule has 1 N–H and O–H groups in total. The lowest BCUT2D eigenvalue weighted by molar-refractivity contribution is 0.128. The number of hydrogen-bond donors (Lipinski definition) is 1. The maximum Gasteiger partial charge on any atom is 0.407 e. The second-order valence-electron chi connectivity index (χ2n) is 4.36. The maximum absolute atomic E-state index is 13.8. The number of nitrogens with zero attached hydrogens (tertiary/aromatic N) is 1. The third-order valence-electron chi connectivity index (χ3n) is 3.33. The summed E-state index contributed by atoms with van der Waals surface area (Å²) < 4.78 is 19.0. The second kappa shape index (κ2) is 5.25. The van der Waals surface area contributed by atoms with Gasteiger partial charge in [0.15, 0.2) is 0 Å². The van der Waals surface area contributed by atoms with Crippen molar-refractivity contribution in [1.82, 2.24) is 4.90 Å². The molecular weight excluding hydrogens is 237 g/mol. The van der Waals surface area contributed by atoms with Gasteiger partial charge < -0.3 is 14.7 Å². The van der Waals surface area contributed by atoms with Crippen molar-refractivity contribution in [2.75, 3.05) is 13.7 Å². The highest BCUT2D eigenvalue weighted by atomic mass is 19.1. The summed E-state index contributed by atoms with van der Waals surface area (Å²) in [6.45, 7) is 0.260. The normalized spacial score (nSPS) is 23.1. The van der Waals surface area contributed by atoms with E-state index in [2.05, 4.69) is 0 Å². The van der Waals surface area contributed by atoms with Gasteiger partial charge in [-0.1, -0.05) is 18.2 Å². The van der Waals surface area contributed by atoms with E-state index in [1.807, 2.05) is 18.2 Å². The Labute approximate surface area is 105 Å². The molecule has 1 aliphatic heterocycles. The van der Waals surface area contributed by atoms with Gasteiger partial charge in [0.05, 0.1) is 13.2 Å². The van der Waals surface area contributed by atoms with E-state index >= 15 is 0 Å². The summed E-state index contributed by atoms with van der Waals surface area (Å²) in [5.74, 6) is 0.668. The number of carbonyl (C=O) groups is 1. The van der Waals surface area contributed by atoms with Crippen molar-refractivity contribution in [3.63, 3.8) is 0 Å². The van der Waals surface area contributed by atoms with Crippen molar-refractivity contribution < 1.29 is 19.0 Å². The Kier molecular flexibility index (Phi) is 3.69. The SMILES string of the molecule is COc1ccccc1C[C@H]1[C@@H](F)CCN1C(=O)O. The first-order chi connectivity index (χ1) is 8.63. The van der Waals surface area contributed by atoms with Crippen molar-refractivity contribution in [1.29, 1.82) is 0 Å². The molecule has 98 valence electrons. The van der Waals surface area contributed by atoms with Gasteiger partial charge in [0.25, 0.3) is 0 Å². The van der Waals surface area contributed by atoms with Crippen LogP contribution in [0.2, 0.25) is 0 Å². The minimum atomic E-state index is -1.11. The lowest BCUT2D eigenvalue weighted by Crippen LogP contribution is -2.39. The molecule has 1 fully saturated rings. The van der Waals surface area contributed by atoms with E-state index in [-0.39, 0.29) is 13.0 Å². The number of halogens is 1. The van der Waals surface area contributed by atoms with Crippen LogP contribution in [0.4, 0.5) is 9.18 Å². The van der Waals surface area contributed by atoms with E-state index in [1.165, 1.54) is 4.90 Å². The molecule has 0 spiro atoms. The Morgan fingerprint density at radius 2 is 2.28 bits per heavy atom.